The number of aromatic hydroxyl groups is 4. The molecule has 2 rings (SSSR count). The van der Waals surface area contributed by atoms with E-state index in [1.54, 1.807) is 0 Å². The van der Waals surface area contributed by atoms with Crippen molar-refractivity contribution in [2.45, 2.75) is 0 Å². The molecule has 5 heteroatoms. The number of carbonyl (C=O) groups is 1. The van der Waals surface area contributed by atoms with Crippen LogP contribution in [0.2, 0.25) is 0 Å². The highest BCUT2D eigenvalue weighted by Gasteiger charge is 2.06. The van der Waals surface area contributed by atoms with Gasteiger partial charge in [0.05, 0.1) is 0 Å². The molecule has 4 N–H and O–H groups in total. The summed E-state index contributed by atoms with van der Waals surface area (Å²) in [4.78, 5) is 11.9. The smallest absolute Gasteiger partial charge is 0.185 e. The molecule has 0 saturated heterocycles. The molecule has 0 amide bonds. The first-order valence-corrected chi connectivity index (χ1v) is 5.74. The van der Waals surface area contributed by atoms with Crippen LogP contribution >= 0.6 is 0 Å². The van der Waals surface area contributed by atoms with Gasteiger partial charge in [-0.1, -0.05) is 0 Å². The number of phenols is 4. The van der Waals surface area contributed by atoms with Crippen molar-refractivity contribution in [1.82, 2.24) is 0 Å². The van der Waals surface area contributed by atoms with Gasteiger partial charge < -0.3 is 20.4 Å². The van der Waals surface area contributed by atoms with Crippen LogP contribution in [0.4, 0.5) is 0 Å². The van der Waals surface area contributed by atoms with Crippen LogP contribution in [-0.4, -0.2) is 26.2 Å². The second-order valence-electron chi connectivity index (χ2n) is 4.14. The minimum absolute atomic E-state index is 0.0304. The van der Waals surface area contributed by atoms with E-state index in [4.69, 9.17) is 5.11 Å². The first-order chi connectivity index (χ1) is 9.47. The summed E-state index contributed by atoms with van der Waals surface area (Å²) in [5.74, 6) is -1.21. The van der Waals surface area contributed by atoms with Crippen molar-refractivity contribution in [3.8, 4) is 23.0 Å². The van der Waals surface area contributed by atoms with Gasteiger partial charge in [-0.25, -0.2) is 0 Å². The number of allylic oxidation sites excluding steroid dienone is 1. The van der Waals surface area contributed by atoms with Gasteiger partial charge in [0.1, 0.15) is 11.5 Å². The Hall–Kier alpha value is -2.95. The topological polar surface area (TPSA) is 98.0 Å². The van der Waals surface area contributed by atoms with Gasteiger partial charge in [-0.05, 0) is 48.6 Å². The van der Waals surface area contributed by atoms with Gasteiger partial charge in [0.2, 0.25) is 0 Å². The molecule has 0 fully saturated rings. The number of benzene rings is 2. The van der Waals surface area contributed by atoms with Gasteiger partial charge >= 0.3 is 0 Å². The zero-order chi connectivity index (χ0) is 14.7. The predicted molar refractivity (Wildman–Crippen MR) is 72.9 cm³/mol. The van der Waals surface area contributed by atoms with Crippen LogP contribution in [0, 0.1) is 0 Å². The van der Waals surface area contributed by atoms with E-state index in [1.165, 1.54) is 42.5 Å². The third-order valence-electron chi connectivity index (χ3n) is 2.69. The van der Waals surface area contributed by atoms with Gasteiger partial charge in [0, 0.05) is 11.1 Å². The van der Waals surface area contributed by atoms with E-state index < -0.39 is 5.78 Å². The lowest BCUT2D eigenvalue weighted by Crippen LogP contribution is -1.93. The van der Waals surface area contributed by atoms with E-state index in [2.05, 4.69) is 0 Å². The molecule has 0 heterocycles. The molecule has 0 atom stereocenters. The molecular weight excluding hydrogens is 260 g/mol. The van der Waals surface area contributed by atoms with E-state index >= 15 is 0 Å². The Balaban J connectivity index is 2.24. The van der Waals surface area contributed by atoms with Crippen molar-refractivity contribution in [2.75, 3.05) is 0 Å². The third-order valence-corrected chi connectivity index (χ3v) is 2.69. The number of hydrogen-bond acceptors (Lipinski definition) is 5. The monoisotopic (exact) mass is 272 g/mol. The van der Waals surface area contributed by atoms with Crippen molar-refractivity contribution in [3.05, 3.63) is 53.6 Å². The molecule has 0 spiro atoms. The summed E-state index contributed by atoms with van der Waals surface area (Å²) in [6.45, 7) is 0. The van der Waals surface area contributed by atoms with Gasteiger partial charge in [0.15, 0.2) is 17.3 Å². The molecule has 0 radical (unpaired) electrons. The zero-order valence-electron chi connectivity index (χ0n) is 10.3. The number of phenolic OH excluding ortho intramolecular Hbond substituents is 4. The van der Waals surface area contributed by atoms with Crippen LogP contribution in [0.3, 0.4) is 0 Å². The lowest BCUT2D eigenvalue weighted by Gasteiger charge is -2.01. The Morgan fingerprint density at radius 1 is 0.850 bits per heavy atom. The molecule has 0 aliphatic carbocycles. The fraction of sp³-hybridized carbons (Fsp3) is 0. The van der Waals surface area contributed by atoms with Crippen LogP contribution in [0.25, 0.3) is 6.08 Å². The Bertz CT molecular complexity index is 689. The molecular formula is C15H12O5. The second-order valence-corrected chi connectivity index (χ2v) is 4.14. The molecule has 20 heavy (non-hydrogen) atoms. The van der Waals surface area contributed by atoms with Gasteiger partial charge in [-0.2, -0.15) is 0 Å². The average molecular weight is 272 g/mol. The molecule has 0 aromatic heterocycles. The lowest BCUT2D eigenvalue weighted by molar-refractivity contribution is 0.104. The van der Waals surface area contributed by atoms with Gasteiger partial charge in [-0.15, -0.1) is 0 Å². The maximum Gasteiger partial charge on any atom is 0.185 e. The van der Waals surface area contributed by atoms with E-state index in [-0.39, 0.29) is 28.6 Å². The van der Waals surface area contributed by atoms with Crippen LogP contribution in [0.1, 0.15) is 15.9 Å². The first-order valence-electron chi connectivity index (χ1n) is 5.74. The van der Waals surface area contributed by atoms with E-state index in [1.807, 2.05) is 0 Å². The van der Waals surface area contributed by atoms with Crippen LogP contribution < -0.4 is 0 Å². The fourth-order valence-electron chi connectivity index (χ4n) is 1.61. The van der Waals surface area contributed by atoms with Crippen LogP contribution in [0.15, 0.2) is 42.5 Å². The summed E-state index contributed by atoms with van der Waals surface area (Å²) < 4.78 is 0. The first kappa shape index (κ1) is 13.5. The highest BCUT2D eigenvalue weighted by Crippen LogP contribution is 2.26. The summed E-state index contributed by atoms with van der Waals surface area (Å²) in [5, 5.41) is 37.3. The van der Waals surface area contributed by atoms with Crippen LogP contribution in [-0.2, 0) is 0 Å². The van der Waals surface area contributed by atoms with E-state index in [9.17, 15) is 20.1 Å². The van der Waals surface area contributed by atoms with Crippen molar-refractivity contribution in [1.29, 1.82) is 0 Å². The van der Waals surface area contributed by atoms with Gasteiger partial charge in [0.25, 0.3) is 0 Å². The molecule has 0 aliphatic rings. The highest BCUT2D eigenvalue weighted by atomic mass is 16.3. The van der Waals surface area contributed by atoms with E-state index in [0.717, 1.165) is 6.07 Å². The zero-order valence-corrected chi connectivity index (χ0v) is 10.3. The maximum atomic E-state index is 11.9. The van der Waals surface area contributed by atoms with Gasteiger partial charge in [-0.3, -0.25) is 4.79 Å². The standard InChI is InChI=1S/C15H12O5/c16-11-3-6-13(18)9(7-11)1-4-12(17)10-2-5-14(19)15(20)8-10/h1-8,16,18-20H. The van der Waals surface area contributed by atoms with E-state index in [0.29, 0.717) is 5.56 Å². The summed E-state index contributed by atoms with van der Waals surface area (Å²) in [6, 6.07) is 7.67. The average Bonchev–Trinajstić information content (AvgIpc) is 2.42. The SMILES string of the molecule is O=C(C=Cc1cc(O)ccc1O)c1ccc(O)c(O)c1. The minimum atomic E-state index is -0.414. The summed E-state index contributed by atoms with van der Waals surface area (Å²) in [7, 11) is 0. The largest absolute Gasteiger partial charge is 0.508 e. The fourth-order valence-corrected chi connectivity index (χ4v) is 1.61. The van der Waals surface area contributed by atoms with Crippen molar-refractivity contribution in [2.24, 2.45) is 0 Å². The summed E-state index contributed by atoms with van der Waals surface area (Å²) in [6.07, 6.45) is 2.54. The molecule has 0 bridgehead atoms. The van der Waals surface area contributed by atoms with Crippen LogP contribution in [0.5, 0.6) is 23.0 Å². The number of rotatable bonds is 3. The normalized spacial score (nSPS) is 10.8. The molecule has 0 saturated carbocycles. The second kappa shape index (κ2) is 5.36. The maximum absolute atomic E-state index is 11.9. The third kappa shape index (κ3) is 2.89. The van der Waals surface area contributed by atoms with Crippen molar-refractivity contribution < 1.29 is 25.2 Å². The summed E-state index contributed by atoms with van der Waals surface area (Å²) >= 11 is 0. The molecule has 0 aliphatic heterocycles. The number of ketones is 1. The minimum Gasteiger partial charge on any atom is -0.508 e. The Morgan fingerprint density at radius 2 is 1.55 bits per heavy atom. The molecule has 2 aromatic carbocycles. The lowest BCUT2D eigenvalue weighted by atomic mass is 10.1. The number of hydrogen-bond donors (Lipinski definition) is 4. The molecule has 0 unspecified atom stereocenters. The van der Waals surface area contributed by atoms with Crippen molar-refractivity contribution in [3.63, 3.8) is 0 Å². The Morgan fingerprint density at radius 3 is 2.25 bits per heavy atom. The number of carbonyl (C=O) groups excluding carboxylic acids is 1. The summed E-state index contributed by atoms with van der Waals surface area (Å²) in [5.41, 5.74) is 0.484. The highest BCUT2D eigenvalue weighted by molar-refractivity contribution is 6.07. The molecule has 2 aromatic rings. The molecule has 5 nitrogen and oxygen atoms in total. The Labute approximate surface area is 114 Å². The predicted octanol–water partition coefficient (Wildman–Crippen LogP) is 2.41. The Kier molecular flexibility index (Phi) is 3.61. The molecule has 102 valence electrons. The quantitative estimate of drug-likeness (QED) is 0.298. The van der Waals surface area contributed by atoms with Crippen molar-refractivity contribution >= 4 is 11.9 Å².